The number of aromatic nitrogens is 1. The molecule has 2 fully saturated rings. The van der Waals surface area contributed by atoms with Crippen LogP contribution in [0.2, 0.25) is 0 Å². The van der Waals surface area contributed by atoms with Crippen LogP contribution in [0.3, 0.4) is 0 Å². The lowest BCUT2D eigenvalue weighted by Gasteiger charge is -2.35. The molecule has 1 aromatic rings. The summed E-state index contributed by atoms with van der Waals surface area (Å²) in [4.78, 5) is 30.8. The number of ether oxygens (including phenoxy) is 2. The summed E-state index contributed by atoms with van der Waals surface area (Å²) in [5.74, 6) is -3.49. The lowest BCUT2D eigenvalue weighted by Crippen LogP contribution is -2.49. The van der Waals surface area contributed by atoms with Crippen molar-refractivity contribution in [3.63, 3.8) is 0 Å². The Morgan fingerprint density at radius 2 is 2.06 bits per heavy atom. The van der Waals surface area contributed by atoms with Crippen LogP contribution in [0.5, 0.6) is 0 Å². The van der Waals surface area contributed by atoms with E-state index in [9.17, 15) is 19.8 Å². The van der Waals surface area contributed by atoms with Crippen LogP contribution in [0, 0.1) is 18.3 Å². The number of thiazole rings is 1. The molecule has 1 aromatic heterocycles. The van der Waals surface area contributed by atoms with E-state index in [0.29, 0.717) is 6.42 Å². The number of epoxide rings is 1. The Labute approximate surface area is 216 Å². The summed E-state index contributed by atoms with van der Waals surface area (Å²) in [6.07, 6.45) is -1.83. The van der Waals surface area contributed by atoms with Gasteiger partial charge in [-0.25, -0.2) is 9.37 Å². The van der Waals surface area contributed by atoms with Gasteiger partial charge in [0.2, 0.25) is 11.8 Å². The molecule has 0 unspecified atom stereocenters. The molecule has 202 valence electrons. The van der Waals surface area contributed by atoms with Gasteiger partial charge in [0.15, 0.2) is 0 Å². The number of halogens is 1. The maximum Gasteiger partial charge on any atom is 0.238 e. The van der Waals surface area contributed by atoms with E-state index < -0.39 is 53.6 Å². The Hall–Kier alpha value is -1.72. The molecule has 2 aliphatic heterocycles. The summed E-state index contributed by atoms with van der Waals surface area (Å²) in [7, 11) is 0. The van der Waals surface area contributed by atoms with Crippen LogP contribution in [0.1, 0.15) is 71.0 Å². The van der Waals surface area contributed by atoms with Crippen molar-refractivity contribution in [2.24, 2.45) is 11.3 Å². The quantitative estimate of drug-likeness (QED) is 0.517. The van der Waals surface area contributed by atoms with Crippen molar-refractivity contribution >= 4 is 29.1 Å². The van der Waals surface area contributed by atoms with Crippen molar-refractivity contribution in [1.82, 2.24) is 10.3 Å². The van der Waals surface area contributed by atoms with Gasteiger partial charge in [0.05, 0.1) is 53.5 Å². The Bertz CT molecular complexity index is 981. The first-order valence-electron chi connectivity index (χ1n) is 12.6. The number of carbonyl (C=O) groups is 2. The maximum atomic E-state index is 15.2. The standard InChI is InChI=1S/C26H39FN2O6S/c1-7-18-23(32)15(3)34-9-8-26(27)21(35-26)11-19(14(2)10-17-13-36-16(4)28-17)29-22(31)12-20(30)25(5,6)24(18)33/h10,13,15,18-21,23,30,32H,7-9,11-12H2,1-6H3,(H,29,31)/t15-,18+,19-,20-,21+,23+,26-/m0/s1. The maximum absolute atomic E-state index is 15.2. The number of ketones is 1. The number of amides is 1. The number of hydrogen-bond acceptors (Lipinski definition) is 8. The Kier molecular flexibility index (Phi) is 9.09. The SMILES string of the molecule is CC[C@H]1C(=O)C(C)(C)[C@@H](O)CC(=O)N[C@H](C(C)=Cc2csc(C)n2)C[C@H]2O[C@@]2(F)CCO[C@@H](C)[C@H]1O. The molecule has 0 aliphatic carbocycles. The summed E-state index contributed by atoms with van der Waals surface area (Å²) in [6.45, 7) is 10.3. The second kappa shape index (κ2) is 11.3. The highest BCUT2D eigenvalue weighted by molar-refractivity contribution is 7.09. The Morgan fingerprint density at radius 1 is 1.36 bits per heavy atom. The molecular formula is C26H39FN2O6S. The molecule has 8 nitrogen and oxygen atoms in total. The van der Waals surface area contributed by atoms with Crippen LogP contribution < -0.4 is 5.32 Å². The van der Waals surface area contributed by atoms with Gasteiger partial charge in [-0.3, -0.25) is 9.59 Å². The van der Waals surface area contributed by atoms with Crippen LogP contribution >= 0.6 is 11.3 Å². The largest absolute Gasteiger partial charge is 0.392 e. The minimum absolute atomic E-state index is 0.00577. The highest BCUT2D eigenvalue weighted by Gasteiger charge is 2.58. The van der Waals surface area contributed by atoms with Crippen LogP contribution in [0.15, 0.2) is 11.0 Å². The summed E-state index contributed by atoms with van der Waals surface area (Å²) < 4.78 is 26.3. The fourth-order valence-corrected chi connectivity index (χ4v) is 5.29. The molecular weight excluding hydrogens is 487 g/mol. The van der Waals surface area contributed by atoms with Gasteiger partial charge in [-0.2, -0.15) is 0 Å². The molecule has 0 aromatic carbocycles. The molecule has 10 heteroatoms. The van der Waals surface area contributed by atoms with E-state index in [1.807, 2.05) is 25.3 Å². The molecule has 3 heterocycles. The molecule has 0 radical (unpaired) electrons. The number of aliphatic hydroxyl groups excluding tert-OH is 2. The van der Waals surface area contributed by atoms with Gasteiger partial charge in [-0.05, 0) is 38.8 Å². The van der Waals surface area contributed by atoms with E-state index in [1.54, 1.807) is 27.7 Å². The number of alkyl halides is 1. The van der Waals surface area contributed by atoms with Crippen molar-refractivity contribution < 1.29 is 33.7 Å². The molecule has 7 atom stereocenters. The van der Waals surface area contributed by atoms with Crippen LogP contribution in [0.4, 0.5) is 4.39 Å². The number of hydrogen-bond donors (Lipinski definition) is 3. The third-order valence-electron chi connectivity index (χ3n) is 7.45. The monoisotopic (exact) mass is 526 g/mol. The van der Waals surface area contributed by atoms with Crippen LogP contribution in [0.25, 0.3) is 6.08 Å². The van der Waals surface area contributed by atoms with Gasteiger partial charge in [-0.1, -0.05) is 20.8 Å². The van der Waals surface area contributed by atoms with Crippen molar-refractivity contribution in [2.75, 3.05) is 6.61 Å². The van der Waals surface area contributed by atoms with Crippen molar-refractivity contribution in [3.05, 3.63) is 21.7 Å². The lowest BCUT2D eigenvalue weighted by molar-refractivity contribution is -0.147. The first-order valence-corrected chi connectivity index (χ1v) is 13.4. The van der Waals surface area contributed by atoms with E-state index >= 15 is 4.39 Å². The second-order valence-electron chi connectivity index (χ2n) is 10.6. The Morgan fingerprint density at radius 3 is 2.67 bits per heavy atom. The number of aliphatic hydroxyl groups is 2. The zero-order chi connectivity index (χ0) is 26.8. The van der Waals surface area contributed by atoms with Gasteiger partial charge in [0.1, 0.15) is 11.9 Å². The molecule has 36 heavy (non-hydrogen) atoms. The summed E-state index contributed by atoms with van der Waals surface area (Å²) >= 11 is 1.51. The van der Waals surface area contributed by atoms with Gasteiger partial charge < -0.3 is 25.0 Å². The fourth-order valence-electron chi connectivity index (χ4n) is 4.72. The molecule has 2 saturated heterocycles. The second-order valence-corrected chi connectivity index (χ2v) is 11.6. The third-order valence-corrected chi connectivity index (χ3v) is 8.24. The summed E-state index contributed by atoms with van der Waals surface area (Å²) in [5, 5.41) is 27.4. The lowest BCUT2D eigenvalue weighted by atomic mass is 9.72. The molecule has 3 N–H and O–H groups in total. The van der Waals surface area contributed by atoms with Crippen molar-refractivity contribution in [2.45, 2.75) is 104 Å². The highest BCUT2D eigenvalue weighted by Crippen LogP contribution is 2.45. The zero-order valence-electron chi connectivity index (χ0n) is 21.9. The van der Waals surface area contributed by atoms with Crippen LogP contribution in [-0.2, 0) is 19.1 Å². The highest BCUT2D eigenvalue weighted by atomic mass is 32.1. The topological polar surface area (TPSA) is 121 Å². The van der Waals surface area contributed by atoms with Gasteiger partial charge in [-0.15, -0.1) is 11.3 Å². The molecule has 1 amide bonds. The van der Waals surface area contributed by atoms with Crippen LogP contribution in [-0.4, -0.2) is 69.8 Å². The predicted molar refractivity (Wildman–Crippen MR) is 135 cm³/mol. The fraction of sp³-hybridized carbons (Fsp3) is 0.731. The van der Waals surface area contributed by atoms with E-state index in [1.165, 1.54) is 11.3 Å². The van der Waals surface area contributed by atoms with E-state index in [4.69, 9.17) is 9.47 Å². The predicted octanol–water partition coefficient (Wildman–Crippen LogP) is 3.34. The average Bonchev–Trinajstić information content (AvgIpc) is 3.24. The summed E-state index contributed by atoms with van der Waals surface area (Å²) in [6, 6.07) is -0.550. The number of fused-ring (bicyclic) bond motifs is 1. The number of nitrogens with zero attached hydrogens (tertiary/aromatic N) is 1. The van der Waals surface area contributed by atoms with Gasteiger partial charge >= 0.3 is 0 Å². The van der Waals surface area contributed by atoms with Crippen molar-refractivity contribution in [1.29, 1.82) is 0 Å². The average molecular weight is 527 g/mol. The number of nitrogens with one attached hydrogen (secondary N) is 1. The summed E-state index contributed by atoms with van der Waals surface area (Å²) in [5.41, 5.74) is 0.247. The minimum atomic E-state index is -1.89. The molecule has 0 bridgehead atoms. The first-order chi connectivity index (χ1) is 16.8. The van der Waals surface area contributed by atoms with E-state index in [2.05, 4.69) is 10.3 Å². The normalized spacial score (nSPS) is 36.8. The third kappa shape index (κ3) is 6.58. The molecule has 0 spiro atoms. The smallest absolute Gasteiger partial charge is 0.238 e. The zero-order valence-corrected chi connectivity index (χ0v) is 22.7. The number of Topliss-reactive ketones (excluding diaryl/α,β-unsaturated/α-hetero) is 1. The minimum Gasteiger partial charge on any atom is -0.392 e. The Balaban J connectivity index is 1.87. The number of carbonyl (C=O) groups excluding carboxylic acids is 2. The number of aryl methyl sites for hydroxylation is 1. The molecule has 2 aliphatic rings. The van der Waals surface area contributed by atoms with Gasteiger partial charge in [0.25, 0.3) is 0 Å². The van der Waals surface area contributed by atoms with Crippen molar-refractivity contribution in [3.8, 4) is 0 Å². The molecule has 3 rings (SSSR count). The van der Waals surface area contributed by atoms with E-state index in [-0.39, 0.29) is 31.7 Å². The first kappa shape index (κ1) is 28.8. The van der Waals surface area contributed by atoms with E-state index in [0.717, 1.165) is 16.3 Å². The number of rotatable bonds is 3. The van der Waals surface area contributed by atoms with Gasteiger partial charge in [0, 0.05) is 24.1 Å². The molecule has 0 saturated carbocycles.